The maximum atomic E-state index is 13.0. The van der Waals surface area contributed by atoms with Crippen LogP contribution in [0.25, 0.3) is 11.1 Å². The van der Waals surface area contributed by atoms with Gasteiger partial charge in [-0.2, -0.15) is 0 Å². The fourth-order valence-corrected chi connectivity index (χ4v) is 2.15. The summed E-state index contributed by atoms with van der Waals surface area (Å²) in [5.74, 6) is 0.630. The number of nitrogens with two attached hydrogens (primary N) is 1. The number of rotatable bonds is 1. The van der Waals surface area contributed by atoms with E-state index in [1.807, 2.05) is 12.1 Å². The van der Waals surface area contributed by atoms with Gasteiger partial charge in [0.05, 0.1) is 6.61 Å². The zero-order chi connectivity index (χ0) is 11.8. The summed E-state index contributed by atoms with van der Waals surface area (Å²) in [6.45, 7) is 0.734. The SMILES string of the molecule is Nc1cc(F)ccc1-c1ccc2c(c1)CCO2. The predicted molar refractivity (Wildman–Crippen MR) is 65.4 cm³/mol. The van der Waals surface area contributed by atoms with Crippen LogP contribution in [0.3, 0.4) is 0 Å². The number of hydrogen-bond donors (Lipinski definition) is 1. The lowest BCUT2D eigenvalue weighted by molar-refractivity contribution is 0.357. The molecule has 86 valence electrons. The number of benzene rings is 2. The molecule has 0 aliphatic carbocycles. The molecule has 0 saturated carbocycles. The smallest absolute Gasteiger partial charge is 0.125 e. The van der Waals surface area contributed by atoms with Gasteiger partial charge in [-0.15, -0.1) is 0 Å². The number of fused-ring (bicyclic) bond motifs is 1. The normalized spacial score (nSPS) is 13.2. The van der Waals surface area contributed by atoms with E-state index >= 15 is 0 Å². The molecule has 0 aromatic heterocycles. The van der Waals surface area contributed by atoms with Gasteiger partial charge in [-0.05, 0) is 41.5 Å². The Morgan fingerprint density at radius 3 is 2.82 bits per heavy atom. The summed E-state index contributed by atoms with van der Waals surface area (Å²) in [6, 6.07) is 10.4. The van der Waals surface area contributed by atoms with Crippen molar-refractivity contribution in [1.82, 2.24) is 0 Å². The van der Waals surface area contributed by atoms with E-state index in [4.69, 9.17) is 10.5 Å². The average molecular weight is 229 g/mol. The van der Waals surface area contributed by atoms with E-state index in [0.29, 0.717) is 5.69 Å². The quantitative estimate of drug-likeness (QED) is 0.763. The van der Waals surface area contributed by atoms with E-state index in [-0.39, 0.29) is 5.82 Å². The number of hydrogen-bond acceptors (Lipinski definition) is 2. The molecule has 0 fully saturated rings. The maximum absolute atomic E-state index is 13.0. The van der Waals surface area contributed by atoms with Crippen molar-refractivity contribution < 1.29 is 9.13 Å². The zero-order valence-electron chi connectivity index (χ0n) is 9.24. The van der Waals surface area contributed by atoms with Crippen LogP contribution in [0.5, 0.6) is 5.75 Å². The zero-order valence-corrected chi connectivity index (χ0v) is 9.24. The third kappa shape index (κ3) is 1.73. The Bertz CT molecular complexity index is 580. The first-order chi connectivity index (χ1) is 8.24. The highest BCUT2D eigenvalue weighted by molar-refractivity contribution is 5.77. The van der Waals surface area contributed by atoms with Crippen LogP contribution in [-0.4, -0.2) is 6.61 Å². The first kappa shape index (κ1) is 10.1. The standard InChI is InChI=1S/C14H12FNO/c15-11-2-3-12(13(16)8-11)9-1-4-14-10(7-9)5-6-17-14/h1-4,7-8H,5-6,16H2. The first-order valence-corrected chi connectivity index (χ1v) is 5.55. The van der Waals surface area contributed by atoms with Crippen LogP contribution < -0.4 is 10.5 Å². The van der Waals surface area contributed by atoms with E-state index in [1.54, 1.807) is 6.07 Å². The van der Waals surface area contributed by atoms with Crippen LogP contribution in [0, 0.1) is 5.82 Å². The molecule has 0 amide bonds. The summed E-state index contributed by atoms with van der Waals surface area (Å²) in [5.41, 5.74) is 9.34. The van der Waals surface area contributed by atoms with Crippen molar-refractivity contribution in [2.45, 2.75) is 6.42 Å². The number of ether oxygens (including phenoxy) is 1. The molecule has 2 nitrogen and oxygen atoms in total. The molecular formula is C14H12FNO. The Kier molecular flexibility index (Phi) is 2.25. The van der Waals surface area contributed by atoms with E-state index in [9.17, 15) is 4.39 Å². The van der Waals surface area contributed by atoms with Crippen LogP contribution in [0.2, 0.25) is 0 Å². The monoisotopic (exact) mass is 229 g/mol. The fraction of sp³-hybridized carbons (Fsp3) is 0.143. The summed E-state index contributed by atoms with van der Waals surface area (Å²) >= 11 is 0. The van der Waals surface area contributed by atoms with Crippen LogP contribution >= 0.6 is 0 Å². The molecule has 0 radical (unpaired) electrons. The minimum absolute atomic E-state index is 0.309. The highest BCUT2D eigenvalue weighted by Crippen LogP contribution is 2.33. The molecule has 0 atom stereocenters. The van der Waals surface area contributed by atoms with Gasteiger partial charge in [-0.1, -0.05) is 6.07 Å². The molecule has 2 aromatic rings. The second kappa shape index (κ2) is 3.77. The van der Waals surface area contributed by atoms with Crippen molar-refractivity contribution in [3.63, 3.8) is 0 Å². The summed E-state index contributed by atoms with van der Waals surface area (Å²) < 4.78 is 18.4. The van der Waals surface area contributed by atoms with Gasteiger partial charge in [0.2, 0.25) is 0 Å². The summed E-state index contributed by atoms with van der Waals surface area (Å²) in [4.78, 5) is 0. The minimum Gasteiger partial charge on any atom is -0.493 e. The van der Waals surface area contributed by atoms with Gasteiger partial charge in [-0.25, -0.2) is 4.39 Å². The molecular weight excluding hydrogens is 217 g/mol. The van der Waals surface area contributed by atoms with Crippen molar-refractivity contribution in [3.05, 3.63) is 47.8 Å². The lowest BCUT2D eigenvalue weighted by Gasteiger charge is -2.07. The van der Waals surface area contributed by atoms with E-state index in [0.717, 1.165) is 29.9 Å². The molecule has 2 aromatic carbocycles. The Labute approximate surface area is 98.8 Å². The first-order valence-electron chi connectivity index (χ1n) is 5.55. The summed E-state index contributed by atoms with van der Waals surface area (Å²) in [7, 11) is 0. The Morgan fingerprint density at radius 1 is 1.12 bits per heavy atom. The van der Waals surface area contributed by atoms with Gasteiger partial charge in [0.1, 0.15) is 11.6 Å². The highest BCUT2D eigenvalue weighted by atomic mass is 19.1. The molecule has 3 rings (SSSR count). The molecule has 1 aliphatic heterocycles. The lowest BCUT2D eigenvalue weighted by atomic mass is 10.0. The molecule has 0 bridgehead atoms. The van der Waals surface area contributed by atoms with Gasteiger partial charge in [0.25, 0.3) is 0 Å². The molecule has 0 unspecified atom stereocenters. The number of halogens is 1. The van der Waals surface area contributed by atoms with Gasteiger partial charge in [0, 0.05) is 17.7 Å². The Hall–Kier alpha value is -2.03. The fourth-order valence-electron chi connectivity index (χ4n) is 2.15. The highest BCUT2D eigenvalue weighted by Gasteiger charge is 2.13. The van der Waals surface area contributed by atoms with Crippen molar-refractivity contribution >= 4 is 5.69 Å². The van der Waals surface area contributed by atoms with Gasteiger partial charge in [-0.3, -0.25) is 0 Å². The van der Waals surface area contributed by atoms with Gasteiger partial charge in [0.15, 0.2) is 0 Å². The molecule has 3 heteroatoms. The summed E-state index contributed by atoms with van der Waals surface area (Å²) in [6.07, 6.45) is 0.921. The topological polar surface area (TPSA) is 35.2 Å². The molecule has 0 saturated heterocycles. The largest absolute Gasteiger partial charge is 0.493 e. The van der Waals surface area contributed by atoms with Crippen LogP contribution in [-0.2, 0) is 6.42 Å². The minimum atomic E-state index is -0.309. The average Bonchev–Trinajstić information content (AvgIpc) is 2.75. The third-order valence-corrected chi connectivity index (χ3v) is 3.01. The maximum Gasteiger partial charge on any atom is 0.125 e. The van der Waals surface area contributed by atoms with Crippen molar-refractivity contribution in [1.29, 1.82) is 0 Å². The molecule has 0 spiro atoms. The van der Waals surface area contributed by atoms with E-state index in [1.165, 1.54) is 17.7 Å². The van der Waals surface area contributed by atoms with Crippen LogP contribution in [0.4, 0.5) is 10.1 Å². The van der Waals surface area contributed by atoms with Crippen molar-refractivity contribution in [2.75, 3.05) is 12.3 Å². The van der Waals surface area contributed by atoms with Gasteiger partial charge >= 0.3 is 0 Å². The van der Waals surface area contributed by atoms with Crippen LogP contribution in [0.1, 0.15) is 5.56 Å². The van der Waals surface area contributed by atoms with E-state index < -0.39 is 0 Å². The Morgan fingerprint density at radius 2 is 2.00 bits per heavy atom. The number of nitrogen functional groups attached to an aromatic ring is 1. The van der Waals surface area contributed by atoms with E-state index in [2.05, 4.69) is 6.07 Å². The second-order valence-electron chi connectivity index (χ2n) is 4.15. The Balaban J connectivity index is 2.09. The molecule has 2 N–H and O–H groups in total. The third-order valence-electron chi connectivity index (χ3n) is 3.01. The van der Waals surface area contributed by atoms with Gasteiger partial charge < -0.3 is 10.5 Å². The number of anilines is 1. The van der Waals surface area contributed by atoms with Crippen LogP contribution in [0.15, 0.2) is 36.4 Å². The van der Waals surface area contributed by atoms with Crippen molar-refractivity contribution in [2.24, 2.45) is 0 Å². The lowest BCUT2D eigenvalue weighted by Crippen LogP contribution is -1.91. The van der Waals surface area contributed by atoms with Crippen molar-refractivity contribution in [3.8, 4) is 16.9 Å². The molecule has 1 heterocycles. The molecule has 17 heavy (non-hydrogen) atoms. The second-order valence-corrected chi connectivity index (χ2v) is 4.15. The molecule has 1 aliphatic rings. The summed E-state index contributed by atoms with van der Waals surface area (Å²) in [5, 5.41) is 0. The predicted octanol–water partition coefficient (Wildman–Crippen LogP) is 3.01.